The van der Waals surface area contributed by atoms with E-state index in [0.717, 1.165) is 12.8 Å². The Balaban J connectivity index is 1.64. The van der Waals surface area contributed by atoms with Gasteiger partial charge in [0, 0.05) is 24.9 Å². The number of aromatic nitrogens is 2. The van der Waals surface area contributed by atoms with Gasteiger partial charge >= 0.3 is 0 Å². The third-order valence-electron chi connectivity index (χ3n) is 4.19. The average molecular weight is 334 g/mol. The fraction of sp³-hybridized carbons (Fsp3) is 0.471. The molecule has 1 aromatic heterocycles. The zero-order valence-corrected chi connectivity index (χ0v) is 14.1. The minimum absolute atomic E-state index is 0.0116. The molecule has 1 saturated heterocycles. The first-order chi connectivity index (χ1) is 11.1. The van der Waals surface area contributed by atoms with Crippen LogP contribution < -0.4 is 0 Å². The van der Waals surface area contributed by atoms with Crippen molar-refractivity contribution in [2.75, 3.05) is 13.1 Å². The molecule has 2 heterocycles. The van der Waals surface area contributed by atoms with E-state index >= 15 is 0 Å². The summed E-state index contributed by atoms with van der Waals surface area (Å²) >= 11 is 6.11. The first kappa shape index (κ1) is 16.0. The minimum atomic E-state index is -0.0116. The molecule has 0 saturated carbocycles. The normalized spacial score (nSPS) is 16.1. The molecule has 0 radical (unpaired) electrons. The zero-order chi connectivity index (χ0) is 16.4. The van der Waals surface area contributed by atoms with Crippen LogP contribution in [0.3, 0.4) is 0 Å². The lowest BCUT2D eigenvalue weighted by Gasteiger charge is -2.30. The molecule has 6 heteroatoms. The lowest BCUT2D eigenvalue weighted by Crippen LogP contribution is -2.38. The van der Waals surface area contributed by atoms with Gasteiger partial charge in [0.25, 0.3) is 5.91 Å². The van der Waals surface area contributed by atoms with E-state index in [1.165, 1.54) is 0 Å². The molecule has 0 N–H and O–H groups in total. The molecule has 122 valence electrons. The van der Waals surface area contributed by atoms with Gasteiger partial charge in [0.15, 0.2) is 0 Å². The van der Waals surface area contributed by atoms with Crippen LogP contribution in [-0.4, -0.2) is 34.1 Å². The molecule has 0 atom stereocenters. The maximum absolute atomic E-state index is 12.5. The molecule has 3 rings (SSSR count). The molecule has 1 aromatic carbocycles. The van der Waals surface area contributed by atoms with Gasteiger partial charge in [0.1, 0.15) is 0 Å². The predicted molar refractivity (Wildman–Crippen MR) is 87.7 cm³/mol. The standard InChI is InChI=1S/C17H20ClN3O2/c1-11(2)15-19-20-16(23-15)12-7-9-21(10-8-12)17(22)13-5-3-4-6-14(13)18/h3-6,11-12H,7-10H2,1-2H3. The molecule has 1 fully saturated rings. The molecule has 1 aliphatic heterocycles. The van der Waals surface area contributed by atoms with E-state index in [1.807, 2.05) is 30.9 Å². The van der Waals surface area contributed by atoms with Crippen molar-refractivity contribution in [1.82, 2.24) is 15.1 Å². The first-order valence-corrected chi connectivity index (χ1v) is 8.31. The largest absolute Gasteiger partial charge is 0.425 e. The van der Waals surface area contributed by atoms with E-state index in [4.69, 9.17) is 16.0 Å². The Morgan fingerprint density at radius 3 is 2.57 bits per heavy atom. The summed E-state index contributed by atoms with van der Waals surface area (Å²) in [6.07, 6.45) is 1.66. The quantitative estimate of drug-likeness (QED) is 0.855. The first-order valence-electron chi connectivity index (χ1n) is 7.93. The van der Waals surface area contributed by atoms with Crippen molar-refractivity contribution >= 4 is 17.5 Å². The summed E-state index contributed by atoms with van der Waals surface area (Å²) in [5.41, 5.74) is 0.563. The van der Waals surface area contributed by atoms with Crippen molar-refractivity contribution in [3.63, 3.8) is 0 Å². The van der Waals surface area contributed by atoms with Crippen molar-refractivity contribution in [2.45, 2.75) is 38.5 Å². The van der Waals surface area contributed by atoms with Gasteiger partial charge in [0.05, 0.1) is 10.6 Å². The van der Waals surface area contributed by atoms with Crippen LogP contribution in [-0.2, 0) is 0 Å². The molecular formula is C17H20ClN3O2. The van der Waals surface area contributed by atoms with E-state index in [1.54, 1.807) is 12.1 Å². The smallest absolute Gasteiger partial charge is 0.255 e. The van der Waals surface area contributed by atoms with Crippen LogP contribution in [0.2, 0.25) is 5.02 Å². The number of hydrogen-bond donors (Lipinski definition) is 0. The number of benzene rings is 1. The number of piperidine rings is 1. The molecule has 2 aromatic rings. The third-order valence-corrected chi connectivity index (χ3v) is 4.52. The Kier molecular flexibility index (Phi) is 4.66. The number of carbonyl (C=O) groups is 1. The molecule has 1 amide bonds. The van der Waals surface area contributed by atoms with Gasteiger partial charge in [-0.05, 0) is 25.0 Å². The number of likely N-dealkylation sites (tertiary alicyclic amines) is 1. The summed E-state index contributed by atoms with van der Waals surface area (Å²) in [5.74, 6) is 1.82. The summed E-state index contributed by atoms with van der Waals surface area (Å²) in [6.45, 7) is 5.41. The van der Waals surface area contributed by atoms with Gasteiger partial charge in [-0.15, -0.1) is 10.2 Å². The number of carbonyl (C=O) groups excluding carboxylic acids is 1. The second-order valence-electron chi connectivity index (χ2n) is 6.18. The van der Waals surface area contributed by atoms with E-state index < -0.39 is 0 Å². The molecule has 5 nitrogen and oxygen atoms in total. The Morgan fingerprint density at radius 1 is 1.26 bits per heavy atom. The monoisotopic (exact) mass is 333 g/mol. The number of nitrogens with zero attached hydrogens (tertiary/aromatic N) is 3. The molecule has 0 aliphatic carbocycles. The summed E-state index contributed by atoms with van der Waals surface area (Å²) in [4.78, 5) is 14.4. The van der Waals surface area contributed by atoms with E-state index in [-0.39, 0.29) is 17.7 Å². The maximum atomic E-state index is 12.5. The number of halogens is 1. The summed E-state index contributed by atoms with van der Waals surface area (Å²) in [6, 6.07) is 7.17. The average Bonchev–Trinajstić information content (AvgIpc) is 3.05. The number of rotatable bonds is 3. The van der Waals surface area contributed by atoms with E-state index in [0.29, 0.717) is 35.5 Å². The Hall–Kier alpha value is -1.88. The van der Waals surface area contributed by atoms with Crippen molar-refractivity contribution in [3.8, 4) is 0 Å². The molecule has 23 heavy (non-hydrogen) atoms. The molecule has 0 unspecified atom stereocenters. The Morgan fingerprint density at radius 2 is 1.96 bits per heavy atom. The van der Waals surface area contributed by atoms with E-state index in [9.17, 15) is 4.79 Å². The van der Waals surface area contributed by atoms with Gasteiger partial charge < -0.3 is 9.32 Å². The lowest BCUT2D eigenvalue weighted by atomic mass is 9.96. The van der Waals surface area contributed by atoms with E-state index in [2.05, 4.69) is 10.2 Å². The SMILES string of the molecule is CC(C)c1nnc(C2CCN(C(=O)c3ccccc3Cl)CC2)o1. The Labute approximate surface area is 140 Å². The molecular weight excluding hydrogens is 314 g/mol. The predicted octanol–water partition coefficient (Wildman–Crippen LogP) is 3.87. The molecule has 0 bridgehead atoms. The van der Waals surface area contributed by atoms with Gasteiger partial charge in [-0.2, -0.15) is 0 Å². The van der Waals surface area contributed by atoms with Crippen molar-refractivity contribution in [1.29, 1.82) is 0 Å². The Bertz CT molecular complexity index is 691. The second kappa shape index (κ2) is 6.71. The highest BCUT2D eigenvalue weighted by atomic mass is 35.5. The zero-order valence-electron chi connectivity index (χ0n) is 13.3. The van der Waals surface area contributed by atoms with Crippen LogP contribution in [0.4, 0.5) is 0 Å². The highest BCUT2D eigenvalue weighted by Crippen LogP contribution is 2.29. The van der Waals surface area contributed by atoms with Crippen LogP contribution in [0.25, 0.3) is 0 Å². The van der Waals surface area contributed by atoms with Gasteiger partial charge in [-0.3, -0.25) is 4.79 Å². The van der Waals surface area contributed by atoms with Gasteiger partial charge in [-0.1, -0.05) is 37.6 Å². The van der Waals surface area contributed by atoms with Crippen LogP contribution >= 0.6 is 11.6 Å². The highest BCUT2D eigenvalue weighted by molar-refractivity contribution is 6.33. The van der Waals surface area contributed by atoms with Crippen molar-refractivity contribution in [2.24, 2.45) is 0 Å². The fourth-order valence-corrected chi connectivity index (χ4v) is 3.00. The van der Waals surface area contributed by atoms with Crippen molar-refractivity contribution in [3.05, 3.63) is 46.6 Å². The number of hydrogen-bond acceptors (Lipinski definition) is 4. The van der Waals surface area contributed by atoms with Gasteiger partial charge in [-0.25, -0.2) is 0 Å². The summed E-state index contributed by atoms with van der Waals surface area (Å²) in [7, 11) is 0. The van der Waals surface area contributed by atoms with Crippen molar-refractivity contribution < 1.29 is 9.21 Å². The number of amides is 1. The van der Waals surface area contributed by atoms with Gasteiger partial charge in [0.2, 0.25) is 11.8 Å². The third kappa shape index (κ3) is 3.39. The minimum Gasteiger partial charge on any atom is -0.425 e. The summed E-state index contributed by atoms with van der Waals surface area (Å²) < 4.78 is 5.74. The second-order valence-corrected chi connectivity index (χ2v) is 6.59. The van der Waals surface area contributed by atoms with Crippen LogP contribution in [0.1, 0.15) is 60.7 Å². The molecule has 1 aliphatic rings. The lowest BCUT2D eigenvalue weighted by molar-refractivity contribution is 0.0706. The summed E-state index contributed by atoms with van der Waals surface area (Å²) in [5, 5.41) is 8.75. The van der Waals surface area contributed by atoms with Crippen LogP contribution in [0.15, 0.2) is 28.7 Å². The topological polar surface area (TPSA) is 59.2 Å². The maximum Gasteiger partial charge on any atom is 0.255 e. The fourth-order valence-electron chi connectivity index (χ4n) is 2.78. The molecule has 0 spiro atoms. The highest BCUT2D eigenvalue weighted by Gasteiger charge is 2.28. The van der Waals surface area contributed by atoms with Crippen LogP contribution in [0, 0.1) is 0 Å². The van der Waals surface area contributed by atoms with Crippen LogP contribution in [0.5, 0.6) is 0 Å².